The summed E-state index contributed by atoms with van der Waals surface area (Å²) >= 11 is 5.93. The molecule has 0 N–H and O–H groups in total. The Bertz CT molecular complexity index is 1770. The lowest BCUT2D eigenvalue weighted by molar-refractivity contribution is 0.306. The number of halogens is 1. The molecule has 0 aliphatic rings. The summed E-state index contributed by atoms with van der Waals surface area (Å²) in [5.74, 6) is 0.634. The van der Waals surface area contributed by atoms with Crippen molar-refractivity contribution in [2.24, 2.45) is 0 Å². The molecule has 0 bridgehead atoms. The predicted molar refractivity (Wildman–Crippen MR) is 152 cm³/mol. The van der Waals surface area contributed by atoms with Gasteiger partial charge in [0.1, 0.15) is 29.0 Å². The zero-order chi connectivity index (χ0) is 27.2. The van der Waals surface area contributed by atoms with E-state index < -0.39 is 14.7 Å². The summed E-state index contributed by atoms with van der Waals surface area (Å²) in [5.41, 5.74) is 3.50. The highest BCUT2D eigenvalue weighted by molar-refractivity contribution is 7.95. The second-order valence-electron chi connectivity index (χ2n) is 8.59. The number of benzene rings is 4. The molecule has 0 radical (unpaired) electrons. The minimum Gasteiger partial charge on any atom is -0.489 e. The second-order valence-corrected chi connectivity index (χ2v) is 10.9. The molecular formula is C31H22ClN3O3S. The number of nitrogens with zero attached hydrogens (tertiary/aromatic N) is 3. The number of hydrogen-bond acceptors (Lipinski definition) is 5. The number of nitriles is 1. The zero-order valence-corrected chi connectivity index (χ0v) is 22.2. The summed E-state index contributed by atoms with van der Waals surface area (Å²) in [4.78, 5) is -0.428. The number of hydrogen-bond donors (Lipinski definition) is 0. The van der Waals surface area contributed by atoms with Gasteiger partial charge in [0, 0.05) is 22.3 Å². The highest BCUT2D eigenvalue weighted by Crippen LogP contribution is 2.31. The van der Waals surface area contributed by atoms with Crippen molar-refractivity contribution in [3.63, 3.8) is 0 Å². The van der Waals surface area contributed by atoms with Crippen LogP contribution in [0.25, 0.3) is 23.0 Å². The summed E-state index contributed by atoms with van der Waals surface area (Å²) in [7, 11) is -4.09. The Morgan fingerprint density at radius 1 is 0.923 bits per heavy atom. The van der Waals surface area contributed by atoms with Crippen LogP contribution < -0.4 is 4.74 Å². The number of sulfone groups is 1. The van der Waals surface area contributed by atoms with E-state index in [4.69, 9.17) is 21.4 Å². The van der Waals surface area contributed by atoms with Gasteiger partial charge in [-0.15, -0.1) is 0 Å². The number of para-hydroxylation sites is 1. The predicted octanol–water partition coefficient (Wildman–Crippen LogP) is 7.11. The third kappa shape index (κ3) is 5.93. The molecule has 0 unspecified atom stereocenters. The van der Waals surface area contributed by atoms with Gasteiger partial charge < -0.3 is 4.74 Å². The van der Waals surface area contributed by atoms with Crippen molar-refractivity contribution in [1.82, 2.24) is 9.78 Å². The lowest BCUT2D eigenvalue weighted by atomic mass is 10.1. The van der Waals surface area contributed by atoms with Gasteiger partial charge in [0.2, 0.25) is 9.84 Å². The Morgan fingerprint density at radius 2 is 1.62 bits per heavy atom. The fourth-order valence-electron chi connectivity index (χ4n) is 3.96. The summed E-state index contributed by atoms with van der Waals surface area (Å²) in [6.07, 6.45) is 3.06. The molecule has 0 saturated carbocycles. The summed E-state index contributed by atoms with van der Waals surface area (Å²) in [6.45, 7) is 0.396. The van der Waals surface area contributed by atoms with Crippen LogP contribution in [0.2, 0.25) is 5.02 Å². The molecule has 0 fully saturated rings. The number of rotatable bonds is 8. The first kappa shape index (κ1) is 26.0. The maximum atomic E-state index is 13.3. The fraction of sp³-hybridized carbons (Fsp3) is 0.0323. The van der Waals surface area contributed by atoms with E-state index in [9.17, 15) is 13.7 Å². The molecule has 0 spiro atoms. The van der Waals surface area contributed by atoms with Gasteiger partial charge in [0.05, 0.1) is 10.6 Å². The Kier molecular flexibility index (Phi) is 7.60. The van der Waals surface area contributed by atoms with Crippen LogP contribution in [0, 0.1) is 11.3 Å². The molecule has 4 aromatic carbocycles. The van der Waals surface area contributed by atoms with Gasteiger partial charge in [-0.25, -0.2) is 13.1 Å². The smallest absolute Gasteiger partial charge is 0.216 e. The highest BCUT2D eigenvalue weighted by atomic mass is 35.5. The molecular weight excluding hydrogens is 530 g/mol. The molecule has 39 heavy (non-hydrogen) atoms. The summed E-state index contributed by atoms with van der Waals surface area (Å²) < 4.78 is 34.2. The van der Waals surface area contributed by atoms with Crippen molar-refractivity contribution in [1.29, 1.82) is 5.26 Å². The van der Waals surface area contributed by atoms with Crippen LogP contribution in [0.15, 0.2) is 125 Å². The monoisotopic (exact) mass is 551 g/mol. The number of ether oxygens (including phenoxy) is 1. The van der Waals surface area contributed by atoms with Gasteiger partial charge in [-0.1, -0.05) is 72.3 Å². The van der Waals surface area contributed by atoms with Crippen LogP contribution in [0.4, 0.5) is 0 Å². The lowest BCUT2D eigenvalue weighted by Gasteiger charge is -2.08. The van der Waals surface area contributed by atoms with Crippen molar-refractivity contribution < 1.29 is 13.2 Å². The second kappa shape index (κ2) is 11.4. The third-order valence-corrected chi connectivity index (χ3v) is 7.86. The first-order valence-electron chi connectivity index (χ1n) is 12.0. The van der Waals surface area contributed by atoms with E-state index in [1.165, 1.54) is 30.3 Å². The maximum absolute atomic E-state index is 13.3. The molecule has 5 aromatic rings. The minimum absolute atomic E-state index is 0.0204. The molecule has 5 rings (SSSR count). The fourth-order valence-corrected chi connectivity index (χ4v) is 5.23. The maximum Gasteiger partial charge on any atom is 0.216 e. The van der Waals surface area contributed by atoms with Crippen LogP contribution >= 0.6 is 11.6 Å². The molecule has 0 amide bonds. The number of allylic oxidation sites excluding steroid dienone is 1. The van der Waals surface area contributed by atoms with Crippen molar-refractivity contribution in [2.75, 3.05) is 0 Å². The summed E-state index contributed by atoms with van der Waals surface area (Å²) in [6, 6.07) is 34.2. The molecule has 1 heterocycles. The van der Waals surface area contributed by atoms with Crippen molar-refractivity contribution in [3.8, 4) is 28.8 Å². The Morgan fingerprint density at radius 3 is 2.31 bits per heavy atom. The first-order valence-corrected chi connectivity index (χ1v) is 13.8. The SMILES string of the molecule is N#C/C(=C/c1cn(-c2ccccc2)nc1-c1cccc(OCc2ccccc2)c1)S(=O)(=O)c1ccc(Cl)cc1. The number of aromatic nitrogens is 2. The third-order valence-electron chi connectivity index (χ3n) is 5.93. The van der Waals surface area contributed by atoms with E-state index in [2.05, 4.69) is 0 Å². The molecule has 0 aliphatic heterocycles. The van der Waals surface area contributed by atoms with Gasteiger partial charge in [0.15, 0.2) is 0 Å². The van der Waals surface area contributed by atoms with Crippen LogP contribution in [-0.2, 0) is 16.4 Å². The van der Waals surface area contributed by atoms with Crippen molar-refractivity contribution in [2.45, 2.75) is 11.5 Å². The Hall–Kier alpha value is -4.64. The molecule has 6 nitrogen and oxygen atoms in total. The van der Waals surface area contributed by atoms with E-state index in [1.54, 1.807) is 10.9 Å². The Labute approximate surface area is 231 Å². The molecule has 1 aromatic heterocycles. The molecule has 0 saturated heterocycles. The zero-order valence-electron chi connectivity index (χ0n) is 20.6. The molecule has 0 aliphatic carbocycles. The minimum atomic E-state index is -4.09. The summed E-state index contributed by atoms with van der Waals surface area (Å²) in [5, 5.41) is 15.0. The topological polar surface area (TPSA) is 85.0 Å². The molecule has 8 heteroatoms. The Balaban J connectivity index is 1.57. The molecule has 192 valence electrons. The van der Waals surface area contributed by atoms with E-state index in [-0.39, 0.29) is 4.90 Å². The van der Waals surface area contributed by atoms with Crippen molar-refractivity contribution >= 4 is 27.5 Å². The van der Waals surface area contributed by atoms with Crippen LogP contribution in [-0.4, -0.2) is 18.2 Å². The normalized spacial score (nSPS) is 11.6. The van der Waals surface area contributed by atoms with Crippen LogP contribution in [0.5, 0.6) is 5.75 Å². The first-order chi connectivity index (χ1) is 18.9. The van der Waals surface area contributed by atoms with E-state index >= 15 is 0 Å². The molecule has 0 atom stereocenters. The van der Waals surface area contributed by atoms with E-state index in [0.717, 1.165) is 11.3 Å². The van der Waals surface area contributed by atoms with Gasteiger partial charge in [-0.05, 0) is 60.2 Å². The van der Waals surface area contributed by atoms with Gasteiger partial charge in [-0.2, -0.15) is 10.4 Å². The average molecular weight is 552 g/mol. The average Bonchev–Trinajstić information content (AvgIpc) is 3.40. The van der Waals surface area contributed by atoms with Gasteiger partial charge >= 0.3 is 0 Å². The van der Waals surface area contributed by atoms with Crippen LogP contribution in [0.1, 0.15) is 11.1 Å². The van der Waals surface area contributed by atoms with E-state index in [0.29, 0.717) is 34.2 Å². The van der Waals surface area contributed by atoms with Crippen LogP contribution in [0.3, 0.4) is 0 Å². The van der Waals surface area contributed by atoms with Crippen molar-refractivity contribution in [3.05, 3.63) is 136 Å². The highest BCUT2D eigenvalue weighted by Gasteiger charge is 2.22. The van der Waals surface area contributed by atoms with E-state index in [1.807, 2.05) is 91.0 Å². The van der Waals surface area contributed by atoms with Gasteiger partial charge in [0.25, 0.3) is 0 Å². The van der Waals surface area contributed by atoms with Gasteiger partial charge in [-0.3, -0.25) is 0 Å². The lowest BCUT2D eigenvalue weighted by Crippen LogP contribution is -2.03. The quantitative estimate of drug-likeness (QED) is 0.192. The largest absolute Gasteiger partial charge is 0.489 e. The standard InChI is InChI=1S/C31H22ClN3O3S/c32-26-14-16-29(17-15-26)39(36,37)30(20-33)19-25-21-35(27-11-5-2-6-12-27)34-31(25)24-10-7-13-28(18-24)38-22-23-8-3-1-4-9-23/h1-19,21H,22H2/b30-19-.